The Balaban J connectivity index is 1.80. The molecule has 1 aliphatic heterocycles. The van der Waals surface area contributed by atoms with Crippen molar-refractivity contribution in [1.82, 2.24) is 0 Å². The zero-order valence-corrected chi connectivity index (χ0v) is 13.7. The number of nitro groups is 1. The Morgan fingerprint density at radius 2 is 1.92 bits per heavy atom. The zero-order valence-electron chi connectivity index (χ0n) is 13.7. The second-order valence-corrected chi connectivity index (χ2v) is 5.84. The SMILES string of the molecule is CN(CC1COc2ccccc2O1)c1ccc(C(F)(F)F)cc1[N+](=O)[O-]. The summed E-state index contributed by atoms with van der Waals surface area (Å²) in [7, 11) is 1.56. The van der Waals surface area contributed by atoms with Crippen LogP contribution in [0.15, 0.2) is 42.5 Å². The van der Waals surface area contributed by atoms with Gasteiger partial charge in [0.15, 0.2) is 17.6 Å². The molecule has 1 unspecified atom stereocenters. The lowest BCUT2D eigenvalue weighted by atomic mass is 10.1. The van der Waals surface area contributed by atoms with E-state index in [0.29, 0.717) is 17.6 Å². The Hall–Kier alpha value is -2.97. The minimum Gasteiger partial charge on any atom is -0.486 e. The summed E-state index contributed by atoms with van der Waals surface area (Å²) in [5.41, 5.74) is -1.60. The monoisotopic (exact) mass is 368 g/mol. The number of halogens is 3. The number of hydrogen-bond acceptors (Lipinski definition) is 5. The number of likely N-dealkylation sites (N-methyl/N-ethyl adjacent to an activating group) is 1. The van der Waals surface area contributed by atoms with Gasteiger partial charge in [-0.15, -0.1) is 0 Å². The van der Waals surface area contributed by atoms with Crippen molar-refractivity contribution in [2.24, 2.45) is 0 Å². The van der Waals surface area contributed by atoms with Crippen molar-refractivity contribution < 1.29 is 27.6 Å². The molecule has 0 spiro atoms. The summed E-state index contributed by atoms with van der Waals surface area (Å²) in [6.07, 6.45) is -5.07. The van der Waals surface area contributed by atoms with Gasteiger partial charge < -0.3 is 14.4 Å². The van der Waals surface area contributed by atoms with Crippen LogP contribution in [0.25, 0.3) is 0 Å². The van der Waals surface area contributed by atoms with Crippen molar-refractivity contribution in [3.63, 3.8) is 0 Å². The van der Waals surface area contributed by atoms with Crippen LogP contribution in [0.2, 0.25) is 0 Å². The maximum absolute atomic E-state index is 12.8. The molecule has 0 amide bonds. The van der Waals surface area contributed by atoms with Crippen LogP contribution >= 0.6 is 0 Å². The van der Waals surface area contributed by atoms with Gasteiger partial charge in [0.2, 0.25) is 0 Å². The highest BCUT2D eigenvalue weighted by atomic mass is 19.4. The van der Waals surface area contributed by atoms with E-state index in [4.69, 9.17) is 9.47 Å². The van der Waals surface area contributed by atoms with E-state index in [0.717, 1.165) is 12.1 Å². The first-order valence-corrected chi connectivity index (χ1v) is 7.71. The van der Waals surface area contributed by atoms with E-state index in [-0.39, 0.29) is 18.8 Å². The third-order valence-corrected chi connectivity index (χ3v) is 3.96. The number of benzene rings is 2. The maximum atomic E-state index is 12.8. The molecule has 0 bridgehead atoms. The summed E-state index contributed by atoms with van der Waals surface area (Å²) in [5.74, 6) is 1.16. The van der Waals surface area contributed by atoms with Crippen molar-refractivity contribution in [2.45, 2.75) is 12.3 Å². The summed E-state index contributed by atoms with van der Waals surface area (Å²) in [6, 6.07) is 9.55. The van der Waals surface area contributed by atoms with Crippen molar-refractivity contribution in [2.75, 3.05) is 25.1 Å². The Kier molecular flexibility index (Phi) is 4.62. The molecule has 0 saturated heterocycles. The van der Waals surface area contributed by atoms with Crippen LogP contribution < -0.4 is 14.4 Å². The summed E-state index contributed by atoms with van der Waals surface area (Å²) < 4.78 is 49.8. The quantitative estimate of drug-likeness (QED) is 0.605. The van der Waals surface area contributed by atoms with Gasteiger partial charge in [-0.05, 0) is 24.3 Å². The molecule has 1 atom stereocenters. The minimum atomic E-state index is -4.65. The number of anilines is 1. The van der Waals surface area contributed by atoms with E-state index in [1.165, 1.54) is 4.90 Å². The van der Waals surface area contributed by atoms with Crippen LogP contribution in [0.5, 0.6) is 11.5 Å². The highest BCUT2D eigenvalue weighted by Gasteiger charge is 2.34. The molecule has 2 aromatic carbocycles. The molecule has 0 N–H and O–H groups in total. The molecule has 138 valence electrons. The van der Waals surface area contributed by atoms with E-state index >= 15 is 0 Å². The lowest BCUT2D eigenvalue weighted by Crippen LogP contribution is -2.39. The van der Waals surface area contributed by atoms with E-state index in [1.807, 2.05) is 0 Å². The standard InChI is InChI=1S/C17H15F3N2O4/c1-21(9-12-10-25-15-4-2-3-5-16(15)26-12)13-7-6-11(17(18,19)20)8-14(13)22(23)24/h2-8,12H,9-10H2,1H3. The molecule has 0 aromatic heterocycles. The van der Waals surface area contributed by atoms with Crippen molar-refractivity contribution >= 4 is 11.4 Å². The second-order valence-electron chi connectivity index (χ2n) is 5.84. The van der Waals surface area contributed by atoms with Crippen molar-refractivity contribution in [3.05, 3.63) is 58.1 Å². The number of ether oxygens (including phenoxy) is 2. The predicted octanol–water partition coefficient (Wildman–Crippen LogP) is 3.89. The molecule has 3 rings (SSSR count). The van der Waals surface area contributed by atoms with Gasteiger partial charge in [0.25, 0.3) is 5.69 Å². The lowest BCUT2D eigenvalue weighted by molar-refractivity contribution is -0.384. The third-order valence-electron chi connectivity index (χ3n) is 3.96. The summed E-state index contributed by atoms with van der Waals surface area (Å²) in [6.45, 7) is 0.441. The van der Waals surface area contributed by atoms with E-state index in [9.17, 15) is 23.3 Å². The maximum Gasteiger partial charge on any atom is 0.416 e. The molecule has 0 aliphatic carbocycles. The fourth-order valence-corrected chi connectivity index (χ4v) is 2.73. The first kappa shape index (κ1) is 17.8. The average molecular weight is 368 g/mol. The van der Waals surface area contributed by atoms with Crippen molar-refractivity contribution in [3.8, 4) is 11.5 Å². The third kappa shape index (κ3) is 3.66. The molecular weight excluding hydrogens is 353 g/mol. The number of alkyl halides is 3. The zero-order chi connectivity index (χ0) is 18.9. The number of nitrogens with zero attached hydrogens (tertiary/aromatic N) is 2. The number of para-hydroxylation sites is 2. The number of rotatable bonds is 4. The van der Waals surface area contributed by atoms with Gasteiger partial charge in [0, 0.05) is 13.1 Å². The molecule has 2 aromatic rings. The van der Waals surface area contributed by atoms with Gasteiger partial charge >= 0.3 is 6.18 Å². The molecule has 0 fully saturated rings. The number of hydrogen-bond donors (Lipinski definition) is 0. The van der Waals surface area contributed by atoms with E-state index < -0.39 is 28.5 Å². The average Bonchev–Trinajstić information content (AvgIpc) is 2.60. The molecular formula is C17H15F3N2O4. The molecule has 1 aliphatic rings. The predicted molar refractivity (Wildman–Crippen MR) is 87.7 cm³/mol. The smallest absolute Gasteiger partial charge is 0.416 e. The van der Waals surface area contributed by atoms with Gasteiger partial charge in [-0.2, -0.15) is 13.2 Å². The van der Waals surface area contributed by atoms with Crippen LogP contribution in [0.1, 0.15) is 5.56 Å². The van der Waals surface area contributed by atoms with E-state index in [1.54, 1.807) is 31.3 Å². The van der Waals surface area contributed by atoms with Crippen LogP contribution in [-0.2, 0) is 6.18 Å². The largest absolute Gasteiger partial charge is 0.486 e. The van der Waals surface area contributed by atoms with E-state index in [2.05, 4.69) is 0 Å². The fraction of sp³-hybridized carbons (Fsp3) is 0.294. The molecule has 1 heterocycles. The normalized spacial score (nSPS) is 16.2. The summed E-state index contributed by atoms with van der Waals surface area (Å²) in [5, 5.41) is 11.2. The van der Waals surface area contributed by atoms with Crippen LogP contribution in [0.4, 0.5) is 24.5 Å². The Labute approximate surface area is 146 Å². The second kappa shape index (κ2) is 6.74. The Morgan fingerprint density at radius 3 is 2.58 bits per heavy atom. The van der Waals surface area contributed by atoms with Crippen LogP contribution in [0.3, 0.4) is 0 Å². The van der Waals surface area contributed by atoms with Gasteiger partial charge in [-0.1, -0.05) is 12.1 Å². The first-order valence-electron chi connectivity index (χ1n) is 7.71. The first-order chi connectivity index (χ1) is 12.3. The highest BCUT2D eigenvalue weighted by Crippen LogP contribution is 2.37. The topological polar surface area (TPSA) is 64.8 Å². The minimum absolute atomic E-state index is 0.0745. The summed E-state index contributed by atoms with van der Waals surface area (Å²) in [4.78, 5) is 11.9. The van der Waals surface area contributed by atoms with Crippen LogP contribution in [0, 0.1) is 10.1 Å². The summed E-state index contributed by atoms with van der Waals surface area (Å²) >= 11 is 0. The molecule has 9 heteroatoms. The fourth-order valence-electron chi connectivity index (χ4n) is 2.73. The number of fused-ring (bicyclic) bond motifs is 1. The highest BCUT2D eigenvalue weighted by molar-refractivity contribution is 5.64. The molecule has 0 radical (unpaired) electrons. The lowest BCUT2D eigenvalue weighted by Gasteiger charge is -2.30. The van der Waals surface area contributed by atoms with Crippen LogP contribution in [-0.4, -0.2) is 31.2 Å². The molecule has 0 saturated carbocycles. The van der Waals surface area contributed by atoms with Gasteiger partial charge in [-0.3, -0.25) is 10.1 Å². The van der Waals surface area contributed by atoms with Gasteiger partial charge in [-0.25, -0.2) is 0 Å². The van der Waals surface area contributed by atoms with Crippen molar-refractivity contribution in [1.29, 1.82) is 0 Å². The van der Waals surface area contributed by atoms with Gasteiger partial charge in [0.1, 0.15) is 12.3 Å². The molecule has 26 heavy (non-hydrogen) atoms. The Morgan fingerprint density at radius 1 is 1.23 bits per heavy atom. The molecule has 6 nitrogen and oxygen atoms in total. The van der Waals surface area contributed by atoms with Gasteiger partial charge in [0.05, 0.1) is 17.0 Å². The number of nitro benzene ring substituents is 1. The Bertz CT molecular complexity index is 826.